The Balaban J connectivity index is 0.941. The molecule has 1 aromatic heterocycles. The van der Waals surface area contributed by atoms with Crippen LogP contribution in [0.3, 0.4) is 0 Å². The number of likely N-dealkylation sites (tertiary alicyclic amines) is 1. The first-order chi connectivity index (χ1) is 24.7. The summed E-state index contributed by atoms with van der Waals surface area (Å²) in [6.45, 7) is 5.68. The lowest BCUT2D eigenvalue weighted by Crippen LogP contribution is -2.49. The molecular formula is C37H46N10O4. The molecule has 14 heteroatoms. The SMILES string of the molecule is CN1CCN([C@@H]2CCCN(c3cnc(C(N)=O)c(Nc4ccc(C5CCN(Cc6cccc(NC7CCC(=O)NC7=O)c6)CC5)cc4)n3)C2)C1=O. The molecule has 2 atom stereocenters. The summed E-state index contributed by atoms with van der Waals surface area (Å²) in [6, 6.07) is 16.2. The molecule has 0 radical (unpaired) electrons. The molecule has 0 aliphatic carbocycles. The third kappa shape index (κ3) is 7.90. The standard InChI is InChI=1S/C37H46N10O4/c1-44-18-19-47(37(44)51)29-6-3-15-46(23-29)31-21-39-33(34(38)49)35(42-31)41-27-9-7-25(8-10-27)26-13-16-45(17-14-26)22-24-4-2-5-28(20-24)40-30-11-12-32(48)43-36(30)50/h2,4-5,7-10,20-21,26,29-30,40H,3,6,11-19,22-23H2,1H3,(H2,38,49)(H,41,42)(H,43,48,50)/t29-,30?/m1/s1. The topological polar surface area (TPSA) is 169 Å². The number of nitrogens with zero attached hydrogens (tertiary/aromatic N) is 6. The zero-order chi connectivity index (χ0) is 35.5. The number of primary amides is 1. The monoisotopic (exact) mass is 694 g/mol. The zero-order valence-electron chi connectivity index (χ0n) is 29.0. The van der Waals surface area contributed by atoms with E-state index in [0.717, 1.165) is 76.3 Å². The highest BCUT2D eigenvalue weighted by atomic mass is 16.2. The van der Waals surface area contributed by atoms with Gasteiger partial charge in [0.1, 0.15) is 11.9 Å². The van der Waals surface area contributed by atoms with E-state index in [2.05, 4.69) is 55.0 Å². The second-order valence-electron chi connectivity index (χ2n) is 14.1. The quantitative estimate of drug-likeness (QED) is 0.231. The molecule has 5 N–H and O–H groups in total. The smallest absolute Gasteiger partial charge is 0.320 e. The second kappa shape index (κ2) is 14.9. The molecule has 14 nitrogen and oxygen atoms in total. The van der Waals surface area contributed by atoms with Gasteiger partial charge in [-0.2, -0.15) is 0 Å². The molecule has 0 spiro atoms. The van der Waals surface area contributed by atoms with Gasteiger partial charge in [-0.3, -0.25) is 24.6 Å². The maximum Gasteiger partial charge on any atom is 0.320 e. The summed E-state index contributed by atoms with van der Waals surface area (Å²) in [4.78, 5) is 66.1. The van der Waals surface area contributed by atoms with E-state index in [1.807, 2.05) is 36.2 Å². The maximum absolute atomic E-state index is 12.6. The van der Waals surface area contributed by atoms with E-state index in [4.69, 9.17) is 10.7 Å². The lowest BCUT2D eigenvalue weighted by atomic mass is 9.89. The van der Waals surface area contributed by atoms with E-state index in [1.165, 1.54) is 11.1 Å². The first-order valence-corrected chi connectivity index (χ1v) is 17.9. The molecule has 51 heavy (non-hydrogen) atoms. The summed E-state index contributed by atoms with van der Waals surface area (Å²) < 4.78 is 0. The van der Waals surface area contributed by atoms with E-state index < -0.39 is 11.9 Å². The molecule has 2 aromatic carbocycles. The third-order valence-corrected chi connectivity index (χ3v) is 10.5. The molecule has 4 aliphatic rings. The van der Waals surface area contributed by atoms with Crippen molar-refractivity contribution in [3.8, 4) is 0 Å². The Bertz CT molecular complexity index is 1780. The van der Waals surface area contributed by atoms with Crippen molar-refractivity contribution < 1.29 is 19.2 Å². The molecule has 1 unspecified atom stereocenters. The van der Waals surface area contributed by atoms with Gasteiger partial charge in [0.25, 0.3) is 5.91 Å². The third-order valence-electron chi connectivity index (χ3n) is 10.5. The van der Waals surface area contributed by atoms with Gasteiger partial charge in [0.05, 0.1) is 12.2 Å². The van der Waals surface area contributed by atoms with E-state index in [-0.39, 0.29) is 29.6 Å². The van der Waals surface area contributed by atoms with Crippen molar-refractivity contribution >= 4 is 46.8 Å². The Morgan fingerprint density at radius 2 is 1.76 bits per heavy atom. The fourth-order valence-electron chi connectivity index (χ4n) is 7.67. The van der Waals surface area contributed by atoms with Crippen LogP contribution >= 0.6 is 0 Å². The van der Waals surface area contributed by atoms with Gasteiger partial charge < -0.3 is 31.1 Å². The number of nitrogens with two attached hydrogens (primary N) is 1. The van der Waals surface area contributed by atoms with Crippen molar-refractivity contribution in [2.24, 2.45) is 5.73 Å². The Morgan fingerprint density at radius 1 is 0.961 bits per heavy atom. The number of rotatable bonds is 10. The number of carbonyl (C=O) groups is 4. The summed E-state index contributed by atoms with van der Waals surface area (Å²) in [5.74, 6) is 0.263. The van der Waals surface area contributed by atoms with Crippen LogP contribution in [0.4, 0.5) is 27.8 Å². The molecule has 5 amide bonds. The summed E-state index contributed by atoms with van der Waals surface area (Å²) in [7, 11) is 1.83. The number of likely N-dealkylation sites (N-methyl/N-ethyl adjacent to an activating group) is 1. The molecular weight excluding hydrogens is 648 g/mol. The number of hydrogen-bond acceptors (Lipinski definition) is 10. The number of anilines is 4. The number of nitrogens with one attached hydrogen (secondary N) is 3. The number of benzene rings is 2. The number of piperidine rings is 3. The average molecular weight is 695 g/mol. The first kappa shape index (κ1) is 34.2. The highest BCUT2D eigenvalue weighted by molar-refractivity contribution is 6.01. The van der Waals surface area contributed by atoms with Crippen LogP contribution in [0.1, 0.15) is 66.1 Å². The number of carbonyl (C=O) groups excluding carboxylic acids is 4. The fraction of sp³-hybridized carbons (Fsp3) is 0.459. The van der Waals surface area contributed by atoms with Gasteiger partial charge in [-0.05, 0) is 86.5 Å². The molecule has 3 aromatic rings. The highest BCUT2D eigenvalue weighted by Crippen LogP contribution is 2.31. The predicted molar refractivity (Wildman–Crippen MR) is 194 cm³/mol. The number of hydrogen-bond donors (Lipinski definition) is 4. The largest absolute Gasteiger partial charge is 0.374 e. The predicted octanol–water partition coefficient (Wildman–Crippen LogP) is 3.25. The van der Waals surface area contributed by atoms with Gasteiger partial charge in [0.2, 0.25) is 11.8 Å². The highest BCUT2D eigenvalue weighted by Gasteiger charge is 2.35. The fourth-order valence-corrected chi connectivity index (χ4v) is 7.67. The molecule has 4 saturated heterocycles. The molecule has 7 rings (SSSR count). The molecule has 0 saturated carbocycles. The normalized spacial score (nSPS) is 21.9. The van der Waals surface area contributed by atoms with Gasteiger partial charge >= 0.3 is 6.03 Å². The van der Waals surface area contributed by atoms with Crippen molar-refractivity contribution in [1.29, 1.82) is 0 Å². The number of imide groups is 1. The van der Waals surface area contributed by atoms with Gasteiger partial charge in [-0.15, -0.1) is 0 Å². The Kier molecular flexibility index (Phi) is 10.0. The molecule has 4 fully saturated rings. The average Bonchev–Trinajstić information content (AvgIpc) is 3.47. The van der Waals surface area contributed by atoms with E-state index >= 15 is 0 Å². The first-order valence-electron chi connectivity index (χ1n) is 17.9. The lowest BCUT2D eigenvalue weighted by molar-refractivity contribution is -0.133. The van der Waals surface area contributed by atoms with Crippen LogP contribution in [-0.2, 0) is 16.1 Å². The van der Waals surface area contributed by atoms with Gasteiger partial charge in [-0.25, -0.2) is 14.8 Å². The lowest BCUT2D eigenvalue weighted by Gasteiger charge is -2.37. The Labute approximate surface area is 297 Å². The van der Waals surface area contributed by atoms with Crippen LogP contribution in [-0.4, -0.2) is 107 Å². The van der Waals surface area contributed by atoms with Crippen molar-refractivity contribution in [2.75, 3.05) is 61.8 Å². The van der Waals surface area contributed by atoms with Gasteiger partial charge in [-0.1, -0.05) is 24.3 Å². The molecule has 5 heterocycles. The number of aromatic nitrogens is 2. The molecule has 268 valence electrons. The summed E-state index contributed by atoms with van der Waals surface area (Å²) in [5, 5.41) is 8.98. The van der Waals surface area contributed by atoms with Crippen molar-refractivity contribution in [1.82, 2.24) is 30.0 Å². The summed E-state index contributed by atoms with van der Waals surface area (Å²) in [6.07, 6.45) is 6.38. The van der Waals surface area contributed by atoms with Gasteiger partial charge in [0.15, 0.2) is 11.5 Å². The Morgan fingerprint density at radius 3 is 2.49 bits per heavy atom. The van der Waals surface area contributed by atoms with E-state index in [9.17, 15) is 19.2 Å². The van der Waals surface area contributed by atoms with Crippen molar-refractivity contribution in [3.63, 3.8) is 0 Å². The minimum absolute atomic E-state index is 0.0669. The van der Waals surface area contributed by atoms with Crippen LogP contribution in [0, 0.1) is 0 Å². The number of amides is 5. The van der Waals surface area contributed by atoms with Crippen LogP contribution in [0.5, 0.6) is 0 Å². The van der Waals surface area contributed by atoms with Crippen LogP contribution in [0.25, 0.3) is 0 Å². The second-order valence-corrected chi connectivity index (χ2v) is 14.1. The maximum atomic E-state index is 12.6. The summed E-state index contributed by atoms with van der Waals surface area (Å²) in [5.41, 5.74) is 9.89. The van der Waals surface area contributed by atoms with Crippen molar-refractivity contribution in [3.05, 3.63) is 71.5 Å². The minimum Gasteiger partial charge on any atom is -0.374 e. The van der Waals surface area contributed by atoms with Crippen molar-refractivity contribution in [2.45, 2.75) is 63.1 Å². The van der Waals surface area contributed by atoms with Crippen LogP contribution < -0.4 is 26.6 Å². The summed E-state index contributed by atoms with van der Waals surface area (Å²) >= 11 is 0. The van der Waals surface area contributed by atoms with Crippen LogP contribution in [0.15, 0.2) is 54.7 Å². The van der Waals surface area contributed by atoms with Gasteiger partial charge in [0, 0.05) is 57.6 Å². The van der Waals surface area contributed by atoms with E-state index in [1.54, 1.807) is 11.1 Å². The van der Waals surface area contributed by atoms with E-state index in [0.29, 0.717) is 36.9 Å². The van der Waals surface area contributed by atoms with Crippen LogP contribution in [0.2, 0.25) is 0 Å². The minimum atomic E-state index is -0.653. The molecule has 4 aliphatic heterocycles. The zero-order valence-corrected chi connectivity index (χ0v) is 29.0. The number of urea groups is 1. The molecule has 0 bridgehead atoms. The Hall–Kier alpha value is -5.24.